The van der Waals surface area contributed by atoms with E-state index in [1.54, 1.807) is 0 Å². The first-order valence-corrected chi connectivity index (χ1v) is 10.0. The average molecular weight is 386 g/mol. The molecule has 150 valence electrons. The SMILES string of the molecule is COC(=O)c1cc(C(=O)NCCC23CC4CC(CC(C4)C2)C3)cc([N+](=O)[O-])c1. The van der Waals surface area contributed by atoms with Gasteiger partial charge in [-0.15, -0.1) is 0 Å². The number of amides is 1. The van der Waals surface area contributed by atoms with Crippen LogP contribution in [0, 0.1) is 33.3 Å². The van der Waals surface area contributed by atoms with Crippen LogP contribution < -0.4 is 5.32 Å². The van der Waals surface area contributed by atoms with E-state index in [4.69, 9.17) is 0 Å². The predicted molar refractivity (Wildman–Crippen MR) is 102 cm³/mol. The van der Waals surface area contributed by atoms with E-state index in [2.05, 4.69) is 10.1 Å². The highest BCUT2D eigenvalue weighted by Gasteiger charge is 2.50. The van der Waals surface area contributed by atoms with Gasteiger partial charge in [0.05, 0.1) is 17.6 Å². The molecule has 7 nitrogen and oxygen atoms in total. The van der Waals surface area contributed by atoms with Crippen LogP contribution in [-0.4, -0.2) is 30.5 Å². The van der Waals surface area contributed by atoms with Gasteiger partial charge in [-0.2, -0.15) is 0 Å². The van der Waals surface area contributed by atoms with Crippen molar-refractivity contribution >= 4 is 17.6 Å². The Morgan fingerprint density at radius 3 is 2.21 bits per heavy atom. The summed E-state index contributed by atoms with van der Waals surface area (Å²) in [7, 11) is 1.20. The number of carbonyl (C=O) groups excluding carboxylic acids is 2. The summed E-state index contributed by atoms with van der Waals surface area (Å²) in [5.41, 5.74) is 0.180. The lowest BCUT2D eigenvalue weighted by atomic mass is 9.49. The molecule has 4 aliphatic rings. The number of nitrogens with one attached hydrogen (secondary N) is 1. The van der Waals surface area contributed by atoms with Gasteiger partial charge in [0.15, 0.2) is 0 Å². The Hall–Kier alpha value is -2.44. The van der Waals surface area contributed by atoms with Crippen molar-refractivity contribution in [2.45, 2.75) is 44.9 Å². The highest BCUT2D eigenvalue weighted by atomic mass is 16.6. The number of carbonyl (C=O) groups is 2. The number of nitro benzene ring substituents is 1. The molecule has 0 aromatic heterocycles. The van der Waals surface area contributed by atoms with Gasteiger partial charge >= 0.3 is 5.97 Å². The van der Waals surface area contributed by atoms with Gasteiger partial charge in [-0.25, -0.2) is 4.79 Å². The Morgan fingerprint density at radius 1 is 1.11 bits per heavy atom. The monoisotopic (exact) mass is 386 g/mol. The predicted octanol–water partition coefficient (Wildman–Crippen LogP) is 3.72. The van der Waals surface area contributed by atoms with E-state index in [1.165, 1.54) is 57.8 Å². The molecular weight excluding hydrogens is 360 g/mol. The summed E-state index contributed by atoms with van der Waals surface area (Å²) in [5.74, 6) is 1.49. The van der Waals surface area contributed by atoms with Crippen molar-refractivity contribution in [2.75, 3.05) is 13.7 Å². The van der Waals surface area contributed by atoms with Crippen molar-refractivity contribution in [1.82, 2.24) is 5.32 Å². The number of benzene rings is 1. The van der Waals surface area contributed by atoms with E-state index in [0.29, 0.717) is 12.0 Å². The van der Waals surface area contributed by atoms with Gasteiger partial charge < -0.3 is 10.1 Å². The number of non-ortho nitro benzene ring substituents is 1. The Labute approximate surface area is 164 Å². The van der Waals surface area contributed by atoms with Crippen molar-refractivity contribution in [3.63, 3.8) is 0 Å². The molecule has 4 aliphatic carbocycles. The van der Waals surface area contributed by atoms with Crippen molar-refractivity contribution in [2.24, 2.45) is 23.2 Å². The number of ether oxygens (including phenoxy) is 1. The molecule has 0 unspecified atom stereocenters. The minimum atomic E-state index is -0.702. The van der Waals surface area contributed by atoms with Crippen LogP contribution in [0.15, 0.2) is 18.2 Å². The van der Waals surface area contributed by atoms with Crippen molar-refractivity contribution < 1.29 is 19.2 Å². The zero-order valence-electron chi connectivity index (χ0n) is 16.1. The normalized spacial score (nSPS) is 30.1. The second-order valence-corrected chi connectivity index (χ2v) is 8.94. The van der Waals surface area contributed by atoms with Gasteiger partial charge in [-0.3, -0.25) is 14.9 Å². The Kier molecular flexibility index (Phi) is 4.85. The lowest BCUT2D eigenvalue weighted by molar-refractivity contribution is -0.384. The van der Waals surface area contributed by atoms with Crippen LogP contribution in [0.5, 0.6) is 0 Å². The molecule has 0 atom stereocenters. The number of methoxy groups -OCH3 is 1. The number of hydrogen-bond donors (Lipinski definition) is 1. The summed E-state index contributed by atoms with van der Waals surface area (Å²) in [4.78, 5) is 34.9. The molecule has 1 N–H and O–H groups in total. The second kappa shape index (κ2) is 7.18. The van der Waals surface area contributed by atoms with Crippen molar-refractivity contribution in [3.8, 4) is 0 Å². The van der Waals surface area contributed by atoms with Crippen LogP contribution in [0.2, 0.25) is 0 Å². The van der Waals surface area contributed by atoms with Crippen LogP contribution in [0.4, 0.5) is 5.69 Å². The summed E-state index contributed by atoms with van der Waals surface area (Å²) in [5, 5.41) is 14.0. The molecule has 0 spiro atoms. The van der Waals surface area contributed by atoms with Crippen LogP contribution in [-0.2, 0) is 4.74 Å². The number of hydrogen-bond acceptors (Lipinski definition) is 5. The fourth-order valence-corrected chi connectivity index (χ4v) is 6.22. The maximum Gasteiger partial charge on any atom is 0.338 e. The van der Waals surface area contributed by atoms with Crippen LogP contribution in [0.3, 0.4) is 0 Å². The quantitative estimate of drug-likeness (QED) is 0.456. The Morgan fingerprint density at radius 2 is 1.68 bits per heavy atom. The third kappa shape index (κ3) is 3.62. The second-order valence-electron chi connectivity index (χ2n) is 8.94. The molecule has 0 heterocycles. The molecule has 0 aliphatic heterocycles. The van der Waals surface area contributed by atoms with Crippen LogP contribution >= 0.6 is 0 Å². The van der Waals surface area contributed by atoms with E-state index >= 15 is 0 Å². The molecule has 1 aromatic carbocycles. The van der Waals surface area contributed by atoms with E-state index in [-0.39, 0.29) is 16.8 Å². The highest BCUT2D eigenvalue weighted by Crippen LogP contribution is 2.61. The molecule has 4 saturated carbocycles. The molecule has 1 amide bonds. The average Bonchev–Trinajstić information content (AvgIpc) is 2.65. The first kappa shape index (κ1) is 18.9. The minimum absolute atomic E-state index is 0.00272. The summed E-state index contributed by atoms with van der Waals surface area (Å²) >= 11 is 0. The molecule has 0 radical (unpaired) electrons. The maximum atomic E-state index is 12.6. The van der Waals surface area contributed by atoms with Crippen LogP contribution in [0.1, 0.15) is 65.7 Å². The molecule has 7 heteroatoms. The molecule has 4 fully saturated rings. The lowest BCUT2D eigenvalue weighted by Gasteiger charge is -2.57. The third-order valence-corrected chi connectivity index (χ3v) is 6.92. The number of rotatable bonds is 6. The van der Waals surface area contributed by atoms with Gasteiger partial charge in [0.1, 0.15) is 0 Å². The van der Waals surface area contributed by atoms with Crippen molar-refractivity contribution in [3.05, 3.63) is 39.4 Å². The standard InChI is InChI=1S/C21H26N2O5/c1-28-20(25)17-7-16(8-18(9-17)23(26)27)19(24)22-3-2-21-10-13-4-14(11-21)6-15(5-13)12-21/h7-9,13-15H,2-6,10-12H2,1H3,(H,22,24). The number of nitrogens with zero attached hydrogens (tertiary/aromatic N) is 1. The van der Waals surface area contributed by atoms with Crippen molar-refractivity contribution in [1.29, 1.82) is 0 Å². The summed E-state index contributed by atoms with van der Waals surface area (Å²) in [6.45, 7) is 0.557. The molecular formula is C21H26N2O5. The molecule has 5 rings (SSSR count). The fourth-order valence-electron chi connectivity index (χ4n) is 6.22. The zero-order valence-corrected chi connectivity index (χ0v) is 16.1. The van der Waals surface area contributed by atoms with E-state index in [1.807, 2.05) is 0 Å². The molecule has 1 aromatic rings. The largest absolute Gasteiger partial charge is 0.465 e. The van der Waals surface area contributed by atoms with Gasteiger partial charge in [0.25, 0.3) is 11.6 Å². The maximum absolute atomic E-state index is 12.6. The highest BCUT2D eigenvalue weighted by molar-refractivity contribution is 5.98. The summed E-state index contributed by atoms with van der Waals surface area (Å²) < 4.78 is 4.63. The van der Waals surface area contributed by atoms with Gasteiger partial charge in [0.2, 0.25) is 0 Å². The first-order valence-electron chi connectivity index (χ1n) is 10.0. The van der Waals surface area contributed by atoms with Crippen LogP contribution in [0.25, 0.3) is 0 Å². The van der Waals surface area contributed by atoms with E-state index in [0.717, 1.165) is 30.2 Å². The van der Waals surface area contributed by atoms with Gasteiger partial charge in [-0.05, 0) is 74.2 Å². The zero-order chi connectivity index (χ0) is 19.9. The summed E-state index contributed by atoms with van der Waals surface area (Å²) in [6, 6.07) is 3.67. The number of esters is 1. The Balaban J connectivity index is 1.42. The first-order chi connectivity index (χ1) is 13.4. The Bertz CT molecular complexity index is 784. The number of nitro groups is 1. The lowest BCUT2D eigenvalue weighted by Crippen LogP contribution is -2.47. The van der Waals surface area contributed by atoms with E-state index < -0.39 is 16.8 Å². The smallest absolute Gasteiger partial charge is 0.338 e. The van der Waals surface area contributed by atoms with Gasteiger partial charge in [0, 0.05) is 24.2 Å². The minimum Gasteiger partial charge on any atom is -0.465 e. The van der Waals surface area contributed by atoms with Gasteiger partial charge in [-0.1, -0.05) is 0 Å². The molecule has 28 heavy (non-hydrogen) atoms. The topological polar surface area (TPSA) is 98.5 Å². The molecule has 4 bridgehead atoms. The fraction of sp³-hybridized carbons (Fsp3) is 0.619. The third-order valence-electron chi connectivity index (χ3n) is 6.92. The van der Waals surface area contributed by atoms with E-state index in [9.17, 15) is 19.7 Å². The summed E-state index contributed by atoms with van der Waals surface area (Å²) in [6.07, 6.45) is 8.94. The molecule has 0 saturated heterocycles.